The fourth-order valence-electron chi connectivity index (χ4n) is 2.54. The molecule has 1 aromatic rings. The molecule has 0 atom stereocenters. The quantitative estimate of drug-likeness (QED) is 0.874. The molecule has 1 aliphatic rings. The Kier molecular flexibility index (Phi) is 6.36. The SMILES string of the molecule is CCC(CC)c1nnc(NC(=O)C2(N)CCCC2)s1.Cl. The first-order valence-electron chi connectivity index (χ1n) is 7.02. The van der Waals surface area contributed by atoms with Gasteiger partial charge in [0.1, 0.15) is 5.01 Å². The van der Waals surface area contributed by atoms with Crippen molar-refractivity contribution in [3.05, 3.63) is 5.01 Å². The van der Waals surface area contributed by atoms with Gasteiger partial charge in [0.05, 0.1) is 5.54 Å². The first kappa shape index (κ1) is 17.3. The monoisotopic (exact) mass is 318 g/mol. The Morgan fingerprint density at radius 3 is 2.50 bits per heavy atom. The molecule has 2 rings (SSSR count). The van der Waals surface area contributed by atoms with Crippen LogP contribution in [0.4, 0.5) is 5.13 Å². The molecule has 0 bridgehead atoms. The van der Waals surface area contributed by atoms with E-state index in [4.69, 9.17) is 5.73 Å². The van der Waals surface area contributed by atoms with Gasteiger partial charge in [0.15, 0.2) is 0 Å². The summed E-state index contributed by atoms with van der Waals surface area (Å²) in [6.07, 6.45) is 5.66. The second-order valence-corrected chi connectivity index (χ2v) is 6.29. The van der Waals surface area contributed by atoms with Gasteiger partial charge in [0.2, 0.25) is 11.0 Å². The zero-order valence-corrected chi connectivity index (χ0v) is 13.6. The molecule has 0 saturated heterocycles. The van der Waals surface area contributed by atoms with Gasteiger partial charge in [-0.2, -0.15) is 0 Å². The summed E-state index contributed by atoms with van der Waals surface area (Å²) in [6, 6.07) is 0. The smallest absolute Gasteiger partial charge is 0.246 e. The third kappa shape index (κ3) is 3.68. The summed E-state index contributed by atoms with van der Waals surface area (Å²) in [5.74, 6) is 0.318. The average molecular weight is 319 g/mol. The fraction of sp³-hybridized carbons (Fsp3) is 0.769. The molecule has 0 aromatic carbocycles. The van der Waals surface area contributed by atoms with Crippen LogP contribution >= 0.6 is 23.7 Å². The van der Waals surface area contributed by atoms with Crippen LogP contribution in [0.1, 0.15) is 63.3 Å². The van der Waals surface area contributed by atoms with E-state index < -0.39 is 5.54 Å². The van der Waals surface area contributed by atoms with E-state index in [-0.39, 0.29) is 18.3 Å². The number of nitrogens with one attached hydrogen (secondary N) is 1. The standard InChI is InChI=1S/C13H22N4OS.ClH/c1-3-9(4-2)10-16-17-12(19-10)15-11(18)13(14)7-5-6-8-13;/h9H,3-8,14H2,1-2H3,(H,15,17,18);1H. The van der Waals surface area contributed by atoms with Crippen LogP contribution in [0.15, 0.2) is 0 Å². The summed E-state index contributed by atoms with van der Waals surface area (Å²) < 4.78 is 0. The maximum Gasteiger partial charge on any atom is 0.246 e. The number of nitrogens with zero attached hydrogens (tertiary/aromatic N) is 2. The topological polar surface area (TPSA) is 80.9 Å². The molecule has 20 heavy (non-hydrogen) atoms. The van der Waals surface area contributed by atoms with Crippen molar-refractivity contribution < 1.29 is 4.79 Å². The predicted octanol–water partition coefficient (Wildman–Crippen LogP) is 3.07. The van der Waals surface area contributed by atoms with Gasteiger partial charge >= 0.3 is 0 Å². The van der Waals surface area contributed by atoms with Crippen molar-refractivity contribution in [3.8, 4) is 0 Å². The van der Waals surface area contributed by atoms with Crippen molar-refractivity contribution in [3.63, 3.8) is 0 Å². The first-order chi connectivity index (χ1) is 9.09. The Morgan fingerprint density at radius 2 is 1.95 bits per heavy atom. The van der Waals surface area contributed by atoms with Gasteiger partial charge in [0, 0.05) is 5.92 Å². The van der Waals surface area contributed by atoms with Crippen LogP contribution in [0.5, 0.6) is 0 Å². The van der Waals surface area contributed by atoms with Crippen molar-refractivity contribution in [1.82, 2.24) is 10.2 Å². The zero-order chi connectivity index (χ0) is 13.9. The number of nitrogens with two attached hydrogens (primary N) is 1. The van der Waals surface area contributed by atoms with Crippen LogP contribution < -0.4 is 11.1 Å². The highest BCUT2D eigenvalue weighted by molar-refractivity contribution is 7.15. The number of hydrogen-bond acceptors (Lipinski definition) is 5. The summed E-state index contributed by atoms with van der Waals surface area (Å²) in [5, 5.41) is 12.6. The molecule has 1 heterocycles. The lowest BCUT2D eigenvalue weighted by atomic mass is 9.98. The zero-order valence-electron chi connectivity index (χ0n) is 12.0. The fourth-order valence-corrected chi connectivity index (χ4v) is 3.55. The number of aromatic nitrogens is 2. The highest BCUT2D eigenvalue weighted by atomic mass is 35.5. The van der Waals surface area contributed by atoms with E-state index in [1.54, 1.807) is 0 Å². The van der Waals surface area contributed by atoms with Crippen LogP contribution in [0.2, 0.25) is 0 Å². The molecule has 1 fully saturated rings. The average Bonchev–Trinajstić information content (AvgIpc) is 3.02. The lowest BCUT2D eigenvalue weighted by Gasteiger charge is -2.20. The lowest BCUT2D eigenvalue weighted by molar-refractivity contribution is -0.121. The van der Waals surface area contributed by atoms with Gasteiger partial charge in [-0.3, -0.25) is 10.1 Å². The summed E-state index contributed by atoms with van der Waals surface area (Å²) in [7, 11) is 0. The largest absolute Gasteiger partial charge is 0.317 e. The maximum atomic E-state index is 12.2. The third-order valence-electron chi connectivity index (χ3n) is 3.94. The van der Waals surface area contributed by atoms with E-state index in [2.05, 4.69) is 29.4 Å². The lowest BCUT2D eigenvalue weighted by Crippen LogP contribution is -2.48. The number of carbonyl (C=O) groups excluding carboxylic acids is 1. The maximum absolute atomic E-state index is 12.2. The van der Waals surface area contributed by atoms with Gasteiger partial charge in [-0.25, -0.2) is 0 Å². The normalized spacial score (nSPS) is 17.0. The van der Waals surface area contributed by atoms with E-state index in [1.807, 2.05) is 0 Å². The third-order valence-corrected chi connectivity index (χ3v) is 4.95. The van der Waals surface area contributed by atoms with Crippen LogP contribution in [0, 0.1) is 0 Å². The first-order valence-corrected chi connectivity index (χ1v) is 7.84. The van der Waals surface area contributed by atoms with Crippen LogP contribution in [-0.2, 0) is 4.79 Å². The van der Waals surface area contributed by atoms with Gasteiger partial charge in [-0.15, -0.1) is 22.6 Å². The molecule has 0 spiro atoms. The molecular weight excluding hydrogens is 296 g/mol. The number of rotatable bonds is 5. The van der Waals surface area contributed by atoms with E-state index in [0.717, 1.165) is 43.5 Å². The van der Waals surface area contributed by atoms with E-state index in [1.165, 1.54) is 11.3 Å². The van der Waals surface area contributed by atoms with E-state index in [0.29, 0.717) is 11.0 Å². The number of anilines is 1. The molecule has 3 N–H and O–H groups in total. The molecule has 7 heteroatoms. The van der Waals surface area contributed by atoms with Crippen LogP contribution in [-0.4, -0.2) is 21.6 Å². The Hall–Kier alpha value is -0.720. The Labute approximate surface area is 130 Å². The molecule has 1 aromatic heterocycles. The number of carbonyl (C=O) groups is 1. The van der Waals surface area contributed by atoms with Gasteiger partial charge in [0.25, 0.3) is 0 Å². The van der Waals surface area contributed by atoms with E-state index in [9.17, 15) is 4.79 Å². The summed E-state index contributed by atoms with van der Waals surface area (Å²) in [5.41, 5.74) is 5.41. The summed E-state index contributed by atoms with van der Waals surface area (Å²) in [6.45, 7) is 4.28. The molecule has 1 amide bonds. The molecule has 0 unspecified atom stereocenters. The van der Waals surface area contributed by atoms with Crippen molar-refractivity contribution in [2.24, 2.45) is 5.73 Å². The molecule has 5 nitrogen and oxygen atoms in total. The second-order valence-electron chi connectivity index (χ2n) is 5.28. The molecule has 0 aliphatic heterocycles. The minimum atomic E-state index is -0.708. The van der Waals surface area contributed by atoms with Crippen molar-refractivity contribution in [2.45, 2.75) is 63.8 Å². The number of amides is 1. The number of hydrogen-bond donors (Lipinski definition) is 2. The second kappa shape index (κ2) is 7.33. The molecule has 0 radical (unpaired) electrons. The van der Waals surface area contributed by atoms with Crippen molar-refractivity contribution >= 4 is 34.8 Å². The predicted molar refractivity (Wildman–Crippen MR) is 84.5 cm³/mol. The summed E-state index contributed by atoms with van der Waals surface area (Å²) >= 11 is 1.47. The Morgan fingerprint density at radius 1 is 1.35 bits per heavy atom. The summed E-state index contributed by atoms with van der Waals surface area (Å²) in [4.78, 5) is 12.2. The van der Waals surface area contributed by atoms with Crippen LogP contribution in [0.25, 0.3) is 0 Å². The highest BCUT2D eigenvalue weighted by Crippen LogP contribution is 2.31. The van der Waals surface area contributed by atoms with Gasteiger partial charge in [-0.1, -0.05) is 38.0 Å². The minimum Gasteiger partial charge on any atom is -0.317 e. The Bertz CT molecular complexity index is 441. The van der Waals surface area contributed by atoms with E-state index >= 15 is 0 Å². The molecule has 1 aliphatic carbocycles. The molecule has 114 valence electrons. The van der Waals surface area contributed by atoms with Crippen molar-refractivity contribution in [1.29, 1.82) is 0 Å². The van der Waals surface area contributed by atoms with Gasteiger partial charge < -0.3 is 5.73 Å². The molecular formula is C13H23ClN4OS. The van der Waals surface area contributed by atoms with Crippen LogP contribution in [0.3, 0.4) is 0 Å². The number of halogens is 1. The minimum absolute atomic E-state index is 0. The Balaban J connectivity index is 0.00000200. The van der Waals surface area contributed by atoms with Crippen molar-refractivity contribution in [2.75, 3.05) is 5.32 Å². The van der Waals surface area contributed by atoms with Gasteiger partial charge in [-0.05, 0) is 25.7 Å². The highest BCUT2D eigenvalue weighted by Gasteiger charge is 2.37. The molecule has 1 saturated carbocycles.